The van der Waals surface area contributed by atoms with Crippen molar-refractivity contribution < 1.29 is 4.42 Å². The molecular formula is C62H47NO. The number of hydrogen-bond acceptors (Lipinski definition) is 2. The van der Waals surface area contributed by atoms with Gasteiger partial charge in [-0.15, -0.1) is 0 Å². The number of fused-ring (bicyclic) bond motifs is 6. The van der Waals surface area contributed by atoms with Gasteiger partial charge in [0.1, 0.15) is 11.3 Å². The van der Waals surface area contributed by atoms with Crippen molar-refractivity contribution in [1.29, 1.82) is 0 Å². The van der Waals surface area contributed by atoms with Crippen molar-refractivity contribution in [1.82, 2.24) is 0 Å². The number of hydrogen-bond donors (Lipinski definition) is 0. The molecule has 2 heteroatoms. The molecule has 0 bridgehead atoms. The third-order valence-corrected chi connectivity index (χ3v) is 12.6. The summed E-state index contributed by atoms with van der Waals surface area (Å²) < 4.78 is 7.19. The minimum atomic E-state index is -0.0167. The fourth-order valence-electron chi connectivity index (χ4n) is 9.27. The highest BCUT2D eigenvalue weighted by Gasteiger charge is 2.25. The van der Waals surface area contributed by atoms with Gasteiger partial charge in [-0.1, -0.05) is 203 Å². The van der Waals surface area contributed by atoms with Crippen LogP contribution in [0.5, 0.6) is 0 Å². The van der Waals surface area contributed by atoms with Gasteiger partial charge in [-0.25, -0.2) is 0 Å². The third kappa shape index (κ3) is 7.13. The molecule has 0 saturated heterocycles. The Balaban J connectivity index is 1.05. The van der Waals surface area contributed by atoms with Gasteiger partial charge >= 0.3 is 0 Å². The van der Waals surface area contributed by atoms with E-state index in [-0.39, 0.29) is 5.41 Å². The van der Waals surface area contributed by atoms with Crippen LogP contribution >= 0.6 is 0 Å². The summed E-state index contributed by atoms with van der Waals surface area (Å²) in [5.74, 6) is 0.889. The molecule has 306 valence electrons. The van der Waals surface area contributed by atoms with Crippen LogP contribution in [0.4, 0.5) is 17.1 Å². The Morgan fingerprint density at radius 1 is 0.328 bits per heavy atom. The molecule has 2 nitrogen and oxygen atoms in total. The number of anilines is 3. The van der Waals surface area contributed by atoms with Crippen LogP contribution in [0.3, 0.4) is 0 Å². The first-order valence-electron chi connectivity index (χ1n) is 22.2. The van der Waals surface area contributed by atoms with Crippen LogP contribution in [0, 0.1) is 0 Å². The van der Waals surface area contributed by atoms with E-state index in [1.165, 1.54) is 44.0 Å². The molecule has 0 atom stereocenters. The first-order chi connectivity index (χ1) is 31.4. The molecule has 0 aliphatic heterocycles. The summed E-state index contributed by atoms with van der Waals surface area (Å²) in [4.78, 5) is 2.34. The molecule has 0 N–H and O–H groups in total. The van der Waals surface area contributed by atoms with E-state index in [1.807, 2.05) is 0 Å². The average Bonchev–Trinajstić information content (AvgIpc) is 3.77. The van der Waals surface area contributed by atoms with Gasteiger partial charge in [0, 0.05) is 39.0 Å². The molecular weight excluding hydrogens is 775 g/mol. The SMILES string of the molecule is CC(C)(C)c1ccc2c3ccc(-c4ccc(N(c5ccc(-c6ccccc6)cc5)c5ccc(-c6ccccc6)cc5)cc4)cc3c3oc(-c4ccccc4)c(-c4ccccc4)c3c2c1. The predicted molar refractivity (Wildman–Crippen MR) is 272 cm³/mol. The molecule has 0 spiro atoms. The molecule has 1 aromatic heterocycles. The summed E-state index contributed by atoms with van der Waals surface area (Å²) in [5.41, 5.74) is 15.9. The second-order valence-corrected chi connectivity index (χ2v) is 17.7. The summed E-state index contributed by atoms with van der Waals surface area (Å²) in [5, 5.41) is 5.87. The molecule has 0 fully saturated rings. The molecule has 0 amide bonds. The number of furan rings is 1. The fourth-order valence-corrected chi connectivity index (χ4v) is 9.27. The van der Waals surface area contributed by atoms with Gasteiger partial charge in [-0.3, -0.25) is 0 Å². The fraction of sp³-hybridized carbons (Fsp3) is 0.0645. The number of nitrogens with zero attached hydrogens (tertiary/aromatic N) is 1. The Morgan fingerprint density at radius 3 is 1.20 bits per heavy atom. The third-order valence-electron chi connectivity index (χ3n) is 12.6. The Bertz CT molecular complexity index is 3320. The van der Waals surface area contributed by atoms with Gasteiger partial charge in [0.2, 0.25) is 0 Å². The van der Waals surface area contributed by atoms with Crippen LogP contribution < -0.4 is 4.90 Å². The van der Waals surface area contributed by atoms with Gasteiger partial charge in [0.05, 0.1) is 0 Å². The Labute approximate surface area is 375 Å². The molecule has 0 aliphatic carbocycles. The molecule has 11 rings (SSSR count). The first-order valence-corrected chi connectivity index (χ1v) is 22.2. The van der Waals surface area contributed by atoms with E-state index in [0.29, 0.717) is 0 Å². The standard InChI is InChI=1S/C62H47NO/c1-62(2,3)50-31-39-54-55-38-30-49(40-57(55)61-59(56(54)41-50)58(47-20-12-6-13-21-47)60(64-61)48-22-14-7-15-23-48)46-28-36-53(37-29-46)63(51-32-24-44(25-33-51)42-16-8-4-9-17-42)52-34-26-45(27-35-52)43-18-10-5-11-19-43/h4-41H,1-3H3. The molecule has 0 unspecified atom stereocenters. The van der Waals surface area contributed by atoms with E-state index in [1.54, 1.807) is 0 Å². The van der Waals surface area contributed by atoms with Crippen molar-refractivity contribution >= 4 is 49.6 Å². The highest BCUT2D eigenvalue weighted by molar-refractivity contribution is 6.29. The van der Waals surface area contributed by atoms with E-state index in [2.05, 4.69) is 256 Å². The summed E-state index contributed by atoms with van der Waals surface area (Å²) in [6.07, 6.45) is 0. The van der Waals surface area contributed by atoms with Crippen LogP contribution in [0.1, 0.15) is 26.3 Å². The maximum atomic E-state index is 7.19. The molecule has 0 radical (unpaired) electrons. The van der Waals surface area contributed by atoms with E-state index < -0.39 is 0 Å². The highest BCUT2D eigenvalue weighted by atomic mass is 16.3. The van der Waals surface area contributed by atoms with Gasteiger partial charge in [0.15, 0.2) is 0 Å². The lowest BCUT2D eigenvalue weighted by Crippen LogP contribution is -2.10. The lowest BCUT2D eigenvalue weighted by molar-refractivity contribution is 0.591. The molecule has 11 aromatic rings. The lowest BCUT2D eigenvalue weighted by Gasteiger charge is -2.26. The van der Waals surface area contributed by atoms with Crippen LogP contribution in [0.15, 0.2) is 235 Å². The van der Waals surface area contributed by atoms with Crippen molar-refractivity contribution in [2.45, 2.75) is 26.2 Å². The summed E-state index contributed by atoms with van der Waals surface area (Å²) in [7, 11) is 0. The summed E-state index contributed by atoms with van der Waals surface area (Å²) in [6.45, 7) is 6.86. The smallest absolute Gasteiger partial charge is 0.143 e. The number of benzene rings is 10. The van der Waals surface area contributed by atoms with E-state index in [9.17, 15) is 0 Å². The maximum Gasteiger partial charge on any atom is 0.143 e. The highest BCUT2D eigenvalue weighted by Crippen LogP contribution is 2.49. The zero-order valence-electron chi connectivity index (χ0n) is 36.3. The minimum Gasteiger partial charge on any atom is -0.455 e. The van der Waals surface area contributed by atoms with Crippen molar-refractivity contribution in [3.05, 3.63) is 236 Å². The molecule has 10 aromatic carbocycles. The maximum absolute atomic E-state index is 7.19. The quantitative estimate of drug-likeness (QED) is 0.142. The second-order valence-electron chi connectivity index (χ2n) is 17.7. The Kier molecular flexibility index (Phi) is 9.78. The van der Waals surface area contributed by atoms with E-state index >= 15 is 0 Å². The van der Waals surface area contributed by atoms with Gasteiger partial charge in [-0.2, -0.15) is 0 Å². The van der Waals surface area contributed by atoms with Crippen molar-refractivity contribution in [2.24, 2.45) is 0 Å². The predicted octanol–water partition coefficient (Wildman–Crippen LogP) is 17.8. The van der Waals surface area contributed by atoms with Gasteiger partial charge in [0.25, 0.3) is 0 Å². The van der Waals surface area contributed by atoms with Crippen LogP contribution in [-0.2, 0) is 5.41 Å². The zero-order chi connectivity index (χ0) is 43.2. The summed E-state index contributed by atoms with van der Waals surface area (Å²) in [6, 6.07) is 83.1. The van der Waals surface area contributed by atoms with Crippen LogP contribution in [-0.4, -0.2) is 0 Å². The first kappa shape index (κ1) is 38.9. The normalized spacial score (nSPS) is 11.7. The second kappa shape index (κ2) is 16.1. The van der Waals surface area contributed by atoms with Gasteiger partial charge in [-0.05, 0) is 115 Å². The van der Waals surface area contributed by atoms with Crippen molar-refractivity contribution in [3.63, 3.8) is 0 Å². The van der Waals surface area contributed by atoms with E-state index in [0.717, 1.165) is 67.0 Å². The van der Waals surface area contributed by atoms with E-state index in [4.69, 9.17) is 4.42 Å². The molecule has 0 aliphatic rings. The topological polar surface area (TPSA) is 16.4 Å². The average molecular weight is 822 g/mol. The number of rotatable bonds is 8. The van der Waals surface area contributed by atoms with Crippen molar-refractivity contribution in [2.75, 3.05) is 4.90 Å². The largest absolute Gasteiger partial charge is 0.455 e. The monoisotopic (exact) mass is 821 g/mol. The molecule has 64 heavy (non-hydrogen) atoms. The Hall–Kier alpha value is -7.94. The summed E-state index contributed by atoms with van der Waals surface area (Å²) >= 11 is 0. The zero-order valence-corrected chi connectivity index (χ0v) is 36.3. The Morgan fingerprint density at radius 2 is 0.719 bits per heavy atom. The molecule has 1 heterocycles. The van der Waals surface area contributed by atoms with Gasteiger partial charge < -0.3 is 9.32 Å². The minimum absolute atomic E-state index is 0.0167. The molecule has 0 saturated carbocycles. The van der Waals surface area contributed by atoms with Crippen LogP contribution in [0.2, 0.25) is 0 Å². The van der Waals surface area contributed by atoms with Crippen molar-refractivity contribution in [3.8, 4) is 55.8 Å². The lowest BCUT2D eigenvalue weighted by atomic mass is 9.84. The van der Waals surface area contributed by atoms with Crippen LogP contribution in [0.25, 0.3) is 88.3 Å².